The van der Waals surface area contributed by atoms with Crippen LogP contribution in [0.4, 0.5) is 5.82 Å². The number of hydrogen-bond donors (Lipinski definition) is 1. The molecule has 2 rings (SSSR count). The summed E-state index contributed by atoms with van der Waals surface area (Å²) in [4.78, 5) is 13.1. The number of halogens is 1. The molecular formula is C12H13BrN4. The summed E-state index contributed by atoms with van der Waals surface area (Å²) in [6.45, 7) is 3.97. The molecule has 0 spiro atoms. The van der Waals surface area contributed by atoms with Crippen molar-refractivity contribution < 1.29 is 0 Å². The van der Waals surface area contributed by atoms with Gasteiger partial charge in [0.2, 0.25) is 0 Å². The Morgan fingerprint density at radius 3 is 2.65 bits per heavy atom. The number of nitrogens with one attached hydrogen (secondary N) is 1. The first-order valence-corrected chi connectivity index (χ1v) is 6.05. The summed E-state index contributed by atoms with van der Waals surface area (Å²) < 4.78 is 0.894. The van der Waals surface area contributed by atoms with Crippen LogP contribution in [0.1, 0.15) is 11.3 Å². The molecule has 0 aliphatic carbocycles. The highest BCUT2D eigenvalue weighted by molar-refractivity contribution is 9.10. The van der Waals surface area contributed by atoms with Crippen LogP contribution in [0.3, 0.4) is 0 Å². The van der Waals surface area contributed by atoms with Crippen LogP contribution in [0, 0.1) is 13.8 Å². The molecule has 0 aliphatic rings. The molecule has 0 radical (unpaired) electrons. The lowest BCUT2D eigenvalue weighted by molar-refractivity contribution is 1.08. The topological polar surface area (TPSA) is 50.7 Å². The van der Waals surface area contributed by atoms with E-state index in [-0.39, 0.29) is 0 Å². The van der Waals surface area contributed by atoms with Crippen LogP contribution in [-0.4, -0.2) is 22.0 Å². The van der Waals surface area contributed by atoms with Gasteiger partial charge < -0.3 is 5.32 Å². The van der Waals surface area contributed by atoms with Crippen LogP contribution in [0.2, 0.25) is 0 Å². The van der Waals surface area contributed by atoms with E-state index in [2.05, 4.69) is 36.2 Å². The number of nitrogens with zero attached hydrogens (tertiary/aromatic N) is 3. The van der Waals surface area contributed by atoms with Gasteiger partial charge in [0, 0.05) is 25.0 Å². The molecule has 88 valence electrons. The molecule has 4 nitrogen and oxygen atoms in total. The second kappa shape index (κ2) is 4.79. The van der Waals surface area contributed by atoms with Crippen molar-refractivity contribution in [3.63, 3.8) is 0 Å². The molecule has 0 bridgehead atoms. The van der Waals surface area contributed by atoms with Gasteiger partial charge in [0.05, 0.1) is 10.2 Å². The van der Waals surface area contributed by atoms with Crippen molar-refractivity contribution in [2.45, 2.75) is 13.8 Å². The smallest absolute Gasteiger partial charge is 0.163 e. The minimum absolute atomic E-state index is 0.695. The molecule has 1 N–H and O–H groups in total. The fraction of sp³-hybridized carbons (Fsp3) is 0.250. The van der Waals surface area contributed by atoms with Gasteiger partial charge in [-0.05, 0) is 41.4 Å². The first-order chi connectivity index (χ1) is 8.13. The lowest BCUT2D eigenvalue weighted by atomic mass is 10.1. The van der Waals surface area contributed by atoms with Gasteiger partial charge in [-0.3, -0.25) is 4.98 Å². The van der Waals surface area contributed by atoms with E-state index in [1.165, 1.54) is 0 Å². The van der Waals surface area contributed by atoms with Crippen LogP contribution in [0.15, 0.2) is 22.9 Å². The van der Waals surface area contributed by atoms with Gasteiger partial charge in [-0.15, -0.1) is 0 Å². The lowest BCUT2D eigenvalue weighted by Crippen LogP contribution is -2.01. The summed E-state index contributed by atoms with van der Waals surface area (Å²) >= 11 is 3.46. The quantitative estimate of drug-likeness (QED) is 0.925. The maximum Gasteiger partial charge on any atom is 0.163 e. The van der Waals surface area contributed by atoms with Gasteiger partial charge in [0.25, 0.3) is 0 Å². The third-order valence-electron chi connectivity index (χ3n) is 2.53. The molecule has 0 amide bonds. The zero-order valence-electron chi connectivity index (χ0n) is 9.95. The molecule has 2 aromatic heterocycles. The molecule has 0 atom stereocenters. The van der Waals surface area contributed by atoms with E-state index in [1.807, 2.05) is 27.0 Å². The van der Waals surface area contributed by atoms with Crippen molar-refractivity contribution in [3.05, 3.63) is 34.2 Å². The summed E-state index contributed by atoms with van der Waals surface area (Å²) in [5.41, 5.74) is 2.98. The van der Waals surface area contributed by atoms with Crippen molar-refractivity contribution in [3.8, 4) is 11.4 Å². The predicted molar refractivity (Wildman–Crippen MR) is 72.0 cm³/mol. The summed E-state index contributed by atoms with van der Waals surface area (Å²) in [5, 5.41) is 3.05. The molecule has 0 fully saturated rings. The first kappa shape index (κ1) is 12.0. The molecule has 0 unspecified atom stereocenters. The second-order valence-electron chi connectivity index (χ2n) is 3.74. The summed E-state index contributed by atoms with van der Waals surface area (Å²) in [7, 11) is 1.84. The van der Waals surface area contributed by atoms with E-state index in [1.54, 1.807) is 12.4 Å². The van der Waals surface area contributed by atoms with E-state index in [0.717, 1.165) is 27.1 Å². The summed E-state index contributed by atoms with van der Waals surface area (Å²) in [6, 6.07) is 1.95. The fourth-order valence-electron chi connectivity index (χ4n) is 1.54. The molecule has 5 heteroatoms. The van der Waals surface area contributed by atoms with E-state index in [4.69, 9.17) is 0 Å². The molecule has 0 aliphatic heterocycles. The maximum absolute atomic E-state index is 4.47. The molecular weight excluding hydrogens is 280 g/mol. The minimum Gasteiger partial charge on any atom is -0.372 e. The van der Waals surface area contributed by atoms with Crippen LogP contribution < -0.4 is 5.32 Å². The molecule has 17 heavy (non-hydrogen) atoms. The highest BCUT2D eigenvalue weighted by Crippen LogP contribution is 2.27. The minimum atomic E-state index is 0.695. The monoisotopic (exact) mass is 292 g/mol. The fourth-order valence-corrected chi connectivity index (χ4v) is 1.92. The molecule has 2 heterocycles. The van der Waals surface area contributed by atoms with Gasteiger partial charge in [-0.2, -0.15) is 0 Å². The Balaban J connectivity index is 2.61. The zero-order chi connectivity index (χ0) is 12.4. The Morgan fingerprint density at radius 1 is 1.24 bits per heavy atom. The van der Waals surface area contributed by atoms with Gasteiger partial charge in [0.1, 0.15) is 5.82 Å². The SMILES string of the molecule is CNc1nc(-c2cnccc2C)nc(C)c1Br. The largest absolute Gasteiger partial charge is 0.372 e. The van der Waals surface area contributed by atoms with Crippen molar-refractivity contribution in [2.75, 3.05) is 12.4 Å². The van der Waals surface area contributed by atoms with E-state index in [9.17, 15) is 0 Å². The van der Waals surface area contributed by atoms with Gasteiger partial charge in [-0.1, -0.05) is 0 Å². The number of aromatic nitrogens is 3. The zero-order valence-corrected chi connectivity index (χ0v) is 11.5. The van der Waals surface area contributed by atoms with Crippen LogP contribution in [-0.2, 0) is 0 Å². The number of aryl methyl sites for hydroxylation is 2. The van der Waals surface area contributed by atoms with Crippen molar-refractivity contribution >= 4 is 21.7 Å². The summed E-state index contributed by atoms with van der Waals surface area (Å²) in [6.07, 6.45) is 3.56. The normalized spacial score (nSPS) is 10.4. The van der Waals surface area contributed by atoms with E-state index < -0.39 is 0 Å². The van der Waals surface area contributed by atoms with Crippen LogP contribution >= 0.6 is 15.9 Å². The lowest BCUT2D eigenvalue weighted by Gasteiger charge is -2.09. The van der Waals surface area contributed by atoms with Crippen LogP contribution in [0.5, 0.6) is 0 Å². The predicted octanol–water partition coefficient (Wildman–Crippen LogP) is 2.96. The Labute approximate surface area is 109 Å². The third-order valence-corrected chi connectivity index (χ3v) is 3.48. The van der Waals surface area contributed by atoms with Gasteiger partial charge in [0.15, 0.2) is 5.82 Å². The highest BCUT2D eigenvalue weighted by Gasteiger charge is 2.11. The maximum atomic E-state index is 4.47. The van der Waals surface area contributed by atoms with E-state index in [0.29, 0.717) is 5.82 Å². The average molecular weight is 293 g/mol. The number of hydrogen-bond acceptors (Lipinski definition) is 4. The Bertz CT molecular complexity index is 554. The van der Waals surface area contributed by atoms with Crippen molar-refractivity contribution in [1.29, 1.82) is 0 Å². The highest BCUT2D eigenvalue weighted by atomic mass is 79.9. The molecule has 0 saturated carbocycles. The number of pyridine rings is 1. The number of anilines is 1. The van der Waals surface area contributed by atoms with Crippen molar-refractivity contribution in [1.82, 2.24) is 15.0 Å². The standard InChI is InChI=1S/C12H13BrN4/c1-7-4-5-15-6-9(7)11-16-8(2)10(13)12(14-3)17-11/h4-6H,1-3H3,(H,14,16,17). The number of rotatable bonds is 2. The average Bonchev–Trinajstić information content (AvgIpc) is 2.33. The molecule has 0 saturated heterocycles. The molecule has 0 aromatic carbocycles. The Kier molecular flexibility index (Phi) is 3.38. The molecule has 2 aromatic rings. The van der Waals surface area contributed by atoms with E-state index >= 15 is 0 Å². The first-order valence-electron chi connectivity index (χ1n) is 5.26. The Morgan fingerprint density at radius 2 is 2.00 bits per heavy atom. The van der Waals surface area contributed by atoms with Gasteiger partial charge >= 0.3 is 0 Å². The van der Waals surface area contributed by atoms with Gasteiger partial charge in [-0.25, -0.2) is 9.97 Å². The van der Waals surface area contributed by atoms with Crippen molar-refractivity contribution in [2.24, 2.45) is 0 Å². The Hall–Kier alpha value is -1.49. The second-order valence-corrected chi connectivity index (χ2v) is 4.53. The third kappa shape index (κ3) is 2.29. The van der Waals surface area contributed by atoms with Crippen LogP contribution in [0.25, 0.3) is 11.4 Å². The summed E-state index contributed by atoms with van der Waals surface area (Å²) in [5.74, 6) is 1.48.